The number of hydrogen-bond donors (Lipinski definition) is 0. The maximum absolute atomic E-state index is 6.36. The molecule has 192 valence electrons. The topological polar surface area (TPSA) is 38.9 Å². The van der Waals surface area contributed by atoms with Gasteiger partial charge in [-0.3, -0.25) is 4.98 Å². The molecule has 0 N–H and O–H groups in total. The van der Waals surface area contributed by atoms with E-state index >= 15 is 0 Å². The normalized spacial score (nSPS) is 15.2. The number of aryl methyl sites for hydroxylation is 1. The Balaban J connectivity index is 1.23. The summed E-state index contributed by atoms with van der Waals surface area (Å²) in [4.78, 5) is 10.1. The molecule has 1 atom stereocenters. The molecular weight excluding hydrogens is 488 g/mol. The third-order valence-electron chi connectivity index (χ3n) is 8.44. The van der Waals surface area contributed by atoms with E-state index in [2.05, 4.69) is 112 Å². The summed E-state index contributed by atoms with van der Waals surface area (Å²) in [5.41, 5.74) is 11.0. The Kier molecular flexibility index (Phi) is 4.99. The molecule has 2 heterocycles. The highest BCUT2D eigenvalue weighted by atomic mass is 16.3. The molecule has 1 aliphatic carbocycles. The van der Waals surface area contributed by atoms with Gasteiger partial charge >= 0.3 is 0 Å². The Hall–Kier alpha value is -4.76. The van der Waals surface area contributed by atoms with Crippen molar-refractivity contribution in [2.75, 3.05) is 0 Å². The number of rotatable bonds is 2. The average molecular weight is 517 g/mol. The Labute approximate surface area is 232 Å². The average Bonchev–Trinajstić information content (AvgIpc) is 3.37. The van der Waals surface area contributed by atoms with Crippen LogP contribution in [0.1, 0.15) is 30.7 Å². The van der Waals surface area contributed by atoms with Gasteiger partial charge in [-0.05, 0) is 71.4 Å². The second kappa shape index (κ2) is 8.62. The fourth-order valence-corrected chi connectivity index (χ4v) is 6.59. The molecule has 1 unspecified atom stereocenters. The van der Waals surface area contributed by atoms with Crippen molar-refractivity contribution in [3.8, 4) is 22.4 Å². The number of furan rings is 1. The van der Waals surface area contributed by atoms with E-state index in [4.69, 9.17) is 14.4 Å². The Bertz CT molecular complexity index is 2130. The van der Waals surface area contributed by atoms with Gasteiger partial charge in [0.2, 0.25) is 0 Å². The lowest BCUT2D eigenvalue weighted by molar-refractivity contribution is 0.575. The summed E-state index contributed by atoms with van der Waals surface area (Å²) in [6.07, 6.45) is 5.25. The summed E-state index contributed by atoms with van der Waals surface area (Å²) in [5.74, 6) is 1.58. The molecule has 3 heteroatoms. The summed E-state index contributed by atoms with van der Waals surface area (Å²) < 4.78 is 6.36. The maximum Gasteiger partial charge on any atom is 0.138 e. The van der Waals surface area contributed by atoms with Crippen LogP contribution in [0.4, 0.5) is 0 Å². The summed E-state index contributed by atoms with van der Waals surface area (Å²) in [6.45, 7) is 6.59. The van der Waals surface area contributed by atoms with E-state index < -0.39 is 0 Å². The van der Waals surface area contributed by atoms with Crippen molar-refractivity contribution < 1.29 is 4.42 Å². The van der Waals surface area contributed by atoms with Crippen molar-refractivity contribution in [3.05, 3.63) is 114 Å². The molecule has 0 fully saturated rings. The summed E-state index contributed by atoms with van der Waals surface area (Å²) in [6, 6.07) is 30.2. The Morgan fingerprint density at radius 2 is 1.35 bits per heavy atom. The minimum Gasteiger partial charge on any atom is -0.456 e. The number of fused-ring (bicyclic) bond motifs is 9. The minimum atomic E-state index is 0.523. The number of benzene rings is 5. The molecule has 0 spiro atoms. The van der Waals surface area contributed by atoms with Gasteiger partial charge in [-0.25, -0.2) is 4.98 Å². The first-order valence-corrected chi connectivity index (χ1v) is 14.0. The van der Waals surface area contributed by atoms with Gasteiger partial charge in [0.25, 0.3) is 0 Å². The van der Waals surface area contributed by atoms with Crippen molar-refractivity contribution in [2.45, 2.75) is 27.2 Å². The smallest absolute Gasteiger partial charge is 0.138 e. The van der Waals surface area contributed by atoms with Crippen LogP contribution in [-0.4, -0.2) is 9.97 Å². The third-order valence-corrected chi connectivity index (χ3v) is 8.44. The van der Waals surface area contributed by atoms with E-state index in [1.165, 1.54) is 44.0 Å². The quantitative estimate of drug-likeness (QED) is 0.215. The zero-order valence-corrected chi connectivity index (χ0v) is 22.8. The molecule has 0 saturated carbocycles. The molecule has 0 saturated heterocycles. The van der Waals surface area contributed by atoms with Crippen molar-refractivity contribution in [3.63, 3.8) is 0 Å². The fourth-order valence-electron chi connectivity index (χ4n) is 6.59. The first-order chi connectivity index (χ1) is 19.5. The third kappa shape index (κ3) is 3.44. The Morgan fingerprint density at radius 3 is 2.08 bits per heavy atom. The van der Waals surface area contributed by atoms with Crippen LogP contribution >= 0.6 is 0 Å². The summed E-state index contributed by atoms with van der Waals surface area (Å²) in [5, 5.41) is 5.93. The predicted octanol–water partition coefficient (Wildman–Crippen LogP) is 9.92. The van der Waals surface area contributed by atoms with Crippen molar-refractivity contribution >= 4 is 49.1 Å². The molecule has 8 rings (SSSR count). The van der Waals surface area contributed by atoms with E-state index in [0.717, 1.165) is 50.8 Å². The molecule has 5 aromatic carbocycles. The Morgan fingerprint density at radius 1 is 0.700 bits per heavy atom. The first kappa shape index (κ1) is 23.2. The molecule has 0 bridgehead atoms. The van der Waals surface area contributed by atoms with Crippen molar-refractivity contribution in [1.82, 2.24) is 9.97 Å². The highest BCUT2D eigenvalue weighted by Gasteiger charge is 2.23. The zero-order valence-electron chi connectivity index (χ0n) is 22.8. The number of hydrogen-bond acceptors (Lipinski definition) is 3. The molecule has 3 nitrogen and oxygen atoms in total. The fraction of sp³-hybridized carbons (Fsp3) is 0.135. The largest absolute Gasteiger partial charge is 0.456 e. The molecule has 40 heavy (non-hydrogen) atoms. The van der Waals surface area contributed by atoms with E-state index in [1.54, 1.807) is 0 Å². The standard InChI is InChI=1S/C37H28N2O/c1-21-16-22(2)36-31(17-21)32-19-26(18-23(3)37(32)40-36)24-12-14-25(15-13-24)33-20-38-34-29-10-6-4-8-27(29)28-9-5-7-11-30(28)35(34)39-33/h4-16,18-21H,17H2,1-3H3. The van der Waals surface area contributed by atoms with E-state index in [9.17, 15) is 0 Å². The van der Waals surface area contributed by atoms with Crippen LogP contribution in [0.25, 0.3) is 71.5 Å². The van der Waals surface area contributed by atoms with Crippen LogP contribution < -0.4 is 0 Å². The number of aromatic nitrogens is 2. The van der Waals surface area contributed by atoms with Crippen LogP contribution in [0.5, 0.6) is 0 Å². The molecule has 2 aromatic heterocycles. The highest BCUT2D eigenvalue weighted by Crippen LogP contribution is 2.40. The van der Waals surface area contributed by atoms with Crippen LogP contribution in [0.2, 0.25) is 0 Å². The molecule has 0 amide bonds. The lowest BCUT2D eigenvalue weighted by atomic mass is 9.88. The predicted molar refractivity (Wildman–Crippen MR) is 166 cm³/mol. The van der Waals surface area contributed by atoms with Crippen LogP contribution in [0.3, 0.4) is 0 Å². The maximum atomic E-state index is 6.36. The second-order valence-electron chi connectivity index (χ2n) is 11.2. The monoisotopic (exact) mass is 516 g/mol. The second-order valence-corrected chi connectivity index (χ2v) is 11.2. The van der Waals surface area contributed by atoms with Gasteiger partial charge in [0.1, 0.15) is 11.3 Å². The van der Waals surface area contributed by atoms with Gasteiger partial charge in [-0.15, -0.1) is 0 Å². The summed E-state index contributed by atoms with van der Waals surface area (Å²) >= 11 is 0. The van der Waals surface area contributed by atoms with E-state index in [-0.39, 0.29) is 0 Å². The molecule has 0 radical (unpaired) electrons. The molecular formula is C37H28N2O. The minimum absolute atomic E-state index is 0.523. The van der Waals surface area contributed by atoms with Crippen molar-refractivity contribution in [2.24, 2.45) is 5.92 Å². The highest BCUT2D eigenvalue weighted by molar-refractivity contribution is 6.23. The van der Waals surface area contributed by atoms with E-state index in [0.29, 0.717) is 5.92 Å². The van der Waals surface area contributed by atoms with Gasteiger partial charge in [0.05, 0.1) is 22.9 Å². The molecule has 1 aliphatic rings. The lowest BCUT2D eigenvalue weighted by Crippen LogP contribution is -2.03. The van der Waals surface area contributed by atoms with Gasteiger partial charge < -0.3 is 4.42 Å². The molecule has 0 aliphatic heterocycles. The SMILES string of the molecule is CC1=CC(C)Cc2c1oc1c(C)cc(-c3ccc(-c4cnc5c6ccccc6c6ccccc6c5n4)cc3)cc21. The summed E-state index contributed by atoms with van der Waals surface area (Å²) in [7, 11) is 0. The van der Waals surface area contributed by atoms with Gasteiger partial charge in [0.15, 0.2) is 0 Å². The molecule has 7 aromatic rings. The number of allylic oxidation sites excluding steroid dienone is 2. The van der Waals surface area contributed by atoms with Gasteiger partial charge in [0, 0.05) is 27.3 Å². The van der Waals surface area contributed by atoms with Gasteiger partial charge in [-0.2, -0.15) is 0 Å². The van der Waals surface area contributed by atoms with E-state index in [1.807, 2.05) is 6.20 Å². The van der Waals surface area contributed by atoms with Gasteiger partial charge in [-0.1, -0.05) is 85.8 Å². The van der Waals surface area contributed by atoms with Crippen LogP contribution in [0, 0.1) is 12.8 Å². The first-order valence-electron chi connectivity index (χ1n) is 14.0. The number of nitrogens with zero attached hydrogens (tertiary/aromatic N) is 2. The zero-order chi connectivity index (χ0) is 27.0. The lowest BCUT2D eigenvalue weighted by Gasteiger charge is -2.15. The van der Waals surface area contributed by atoms with Crippen LogP contribution in [0.15, 0.2) is 102 Å². The van der Waals surface area contributed by atoms with Crippen molar-refractivity contribution in [1.29, 1.82) is 0 Å². The van der Waals surface area contributed by atoms with Crippen LogP contribution in [-0.2, 0) is 6.42 Å².